The SMILES string of the molecule is Cc1cccc(OCC(=O)Nc2ccc(-c3ccc4cc(C)ccc4n3)cc2)c1. The summed E-state index contributed by atoms with van der Waals surface area (Å²) in [4.78, 5) is 16.9. The Morgan fingerprint density at radius 1 is 0.897 bits per heavy atom. The van der Waals surface area contributed by atoms with Gasteiger partial charge in [-0.3, -0.25) is 4.79 Å². The number of amides is 1. The Balaban J connectivity index is 1.41. The maximum absolute atomic E-state index is 12.2. The minimum absolute atomic E-state index is 0.0309. The van der Waals surface area contributed by atoms with Gasteiger partial charge in [-0.25, -0.2) is 4.98 Å². The summed E-state index contributed by atoms with van der Waals surface area (Å²) in [7, 11) is 0. The predicted octanol–water partition coefficient (Wildman–Crippen LogP) is 5.54. The summed E-state index contributed by atoms with van der Waals surface area (Å²) in [6.07, 6.45) is 0. The van der Waals surface area contributed by atoms with Gasteiger partial charge in [-0.15, -0.1) is 0 Å². The van der Waals surface area contributed by atoms with E-state index in [0.29, 0.717) is 5.75 Å². The lowest BCUT2D eigenvalue weighted by molar-refractivity contribution is -0.118. The standard InChI is InChI=1S/C25H22N2O2/c1-17-4-3-5-22(15-17)29-16-25(28)26-21-10-7-19(8-11-21)23-13-9-20-14-18(2)6-12-24(20)27-23/h3-15H,16H2,1-2H3,(H,26,28). The molecule has 1 N–H and O–H groups in total. The second-order valence-corrected chi connectivity index (χ2v) is 7.12. The van der Waals surface area contributed by atoms with Crippen molar-refractivity contribution in [1.82, 2.24) is 4.98 Å². The molecule has 4 heteroatoms. The second kappa shape index (κ2) is 8.15. The molecule has 4 aromatic rings. The molecule has 0 aliphatic rings. The van der Waals surface area contributed by atoms with Crippen molar-refractivity contribution < 1.29 is 9.53 Å². The van der Waals surface area contributed by atoms with Crippen molar-refractivity contribution in [3.63, 3.8) is 0 Å². The third kappa shape index (κ3) is 4.61. The van der Waals surface area contributed by atoms with Crippen LogP contribution >= 0.6 is 0 Å². The average Bonchev–Trinajstić information content (AvgIpc) is 2.72. The van der Waals surface area contributed by atoms with Gasteiger partial charge in [-0.2, -0.15) is 0 Å². The Morgan fingerprint density at radius 3 is 2.48 bits per heavy atom. The molecule has 0 saturated heterocycles. The van der Waals surface area contributed by atoms with Gasteiger partial charge in [0.05, 0.1) is 11.2 Å². The summed E-state index contributed by atoms with van der Waals surface area (Å²) in [5.41, 5.74) is 5.92. The number of hydrogen-bond acceptors (Lipinski definition) is 3. The van der Waals surface area contributed by atoms with Gasteiger partial charge < -0.3 is 10.1 Å². The van der Waals surface area contributed by atoms with Crippen molar-refractivity contribution in [2.75, 3.05) is 11.9 Å². The maximum Gasteiger partial charge on any atom is 0.262 e. The number of benzene rings is 3. The van der Waals surface area contributed by atoms with E-state index in [1.807, 2.05) is 67.6 Å². The molecule has 0 unspecified atom stereocenters. The number of aromatic nitrogens is 1. The smallest absolute Gasteiger partial charge is 0.262 e. The molecule has 4 rings (SSSR count). The van der Waals surface area contributed by atoms with Gasteiger partial charge in [0.2, 0.25) is 0 Å². The number of carbonyl (C=O) groups is 1. The van der Waals surface area contributed by atoms with Crippen LogP contribution in [0.15, 0.2) is 78.9 Å². The van der Waals surface area contributed by atoms with Gasteiger partial charge in [0.1, 0.15) is 5.75 Å². The Kier molecular flexibility index (Phi) is 5.25. The molecule has 1 heterocycles. The number of pyridine rings is 1. The minimum Gasteiger partial charge on any atom is -0.484 e. The number of fused-ring (bicyclic) bond motifs is 1. The lowest BCUT2D eigenvalue weighted by atomic mass is 10.1. The predicted molar refractivity (Wildman–Crippen MR) is 117 cm³/mol. The highest BCUT2D eigenvalue weighted by Crippen LogP contribution is 2.23. The number of ether oxygens (including phenoxy) is 1. The second-order valence-electron chi connectivity index (χ2n) is 7.12. The van der Waals surface area contributed by atoms with Crippen LogP contribution in [0, 0.1) is 13.8 Å². The summed E-state index contributed by atoms with van der Waals surface area (Å²) in [6.45, 7) is 4.03. The first-order valence-corrected chi connectivity index (χ1v) is 9.54. The van der Waals surface area contributed by atoms with Crippen LogP contribution in [0.3, 0.4) is 0 Å². The highest BCUT2D eigenvalue weighted by Gasteiger charge is 2.06. The van der Waals surface area contributed by atoms with Gasteiger partial charge in [0.25, 0.3) is 5.91 Å². The van der Waals surface area contributed by atoms with Crippen molar-refractivity contribution in [3.05, 3.63) is 90.0 Å². The number of nitrogens with zero attached hydrogens (tertiary/aromatic N) is 1. The fourth-order valence-electron chi connectivity index (χ4n) is 3.18. The number of carbonyl (C=O) groups excluding carboxylic acids is 1. The fourth-order valence-corrected chi connectivity index (χ4v) is 3.18. The zero-order valence-electron chi connectivity index (χ0n) is 16.5. The first-order valence-electron chi connectivity index (χ1n) is 9.54. The van der Waals surface area contributed by atoms with Gasteiger partial charge in [0, 0.05) is 16.6 Å². The van der Waals surface area contributed by atoms with E-state index in [-0.39, 0.29) is 12.5 Å². The molecule has 0 bridgehead atoms. The largest absolute Gasteiger partial charge is 0.484 e. The molecule has 144 valence electrons. The molecule has 0 aliphatic heterocycles. The number of rotatable bonds is 5. The van der Waals surface area contributed by atoms with Crippen molar-refractivity contribution in [1.29, 1.82) is 0 Å². The molecule has 0 aliphatic carbocycles. The molecule has 0 radical (unpaired) electrons. The average molecular weight is 382 g/mol. The van der Waals surface area contributed by atoms with E-state index in [9.17, 15) is 4.79 Å². The van der Waals surface area contributed by atoms with E-state index >= 15 is 0 Å². The van der Waals surface area contributed by atoms with Crippen LogP contribution in [0.5, 0.6) is 5.75 Å². The quantitative estimate of drug-likeness (QED) is 0.493. The molecule has 29 heavy (non-hydrogen) atoms. The molecule has 0 fully saturated rings. The fraction of sp³-hybridized carbons (Fsp3) is 0.120. The Labute approximate surface area is 170 Å². The summed E-state index contributed by atoms with van der Waals surface area (Å²) >= 11 is 0. The Hall–Kier alpha value is -3.66. The highest BCUT2D eigenvalue weighted by atomic mass is 16.5. The first kappa shape index (κ1) is 18.7. The van der Waals surface area contributed by atoms with Crippen LogP contribution in [0.25, 0.3) is 22.2 Å². The number of aryl methyl sites for hydroxylation is 2. The van der Waals surface area contributed by atoms with E-state index in [4.69, 9.17) is 9.72 Å². The van der Waals surface area contributed by atoms with Crippen molar-refractivity contribution >= 4 is 22.5 Å². The van der Waals surface area contributed by atoms with Crippen LogP contribution in [-0.4, -0.2) is 17.5 Å². The molecule has 1 aromatic heterocycles. The summed E-state index contributed by atoms with van der Waals surface area (Å²) in [5, 5.41) is 3.99. The summed E-state index contributed by atoms with van der Waals surface area (Å²) < 4.78 is 5.54. The molecule has 1 amide bonds. The third-order valence-electron chi connectivity index (χ3n) is 4.67. The van der Waals surface area contributed by atoms with Gasteiger partial charge >= 0.3 is 0 Å². The topological polar surface area (TPSA) is 51.2 Å². The van der Waals surface area contributed by atoms with Crippen LogP contribution in [-0.2, 0) is 4.79 Å². The third-order valence-corrected chi connectivity index (χ3v) is 4.67. The summed E-state index contributed by atoms with van der Waals surface area (Å²) in [6, 6.07) is 25.6. The molecular weight excluding hydrogens is 360 g/mol. The highest BCUT2D eigenvalue weighted by molar-refractivity contribution is 5.92. The number of nitrogens with one attached hydrogen (secondary N) is 1. The molecule has 4 nitrogen and oxygen atoms in total. The lowest BCUT2D eigenvalue weighted by Crippen LogP contribution is -2.20. The van der Waals surface area contributed by atoms with Crippen molar-refractivity contribution in [2.45, 2.75) is 13.8 Å². The van der Waals surface area contributed by atoms with Gasteiger partial charge in [-0.1, -0.05) is 42.0 Å². The van der Waals surface area contributed by atoms with Crippen LogP contribution in [0.4, 0.5) is 5.69 Å². The number of anilines is 1. The minimum atomic E-state index is -0.196. The monoisotopic (exact) mass is 382 g/mol. The van der Waals surface area contributed by atoms with Crippen molar-refractivity contribution in [2.24, 2.45) is 0 Å². The Bertz CT molecular complexity index is 1170. The van der Waals surface area contributed by atoms with E-state index in [1.54, 1.807) is 0 Å². The molecule has 0 atom stereocenters. The van der Waals surface area contributed by atoms with Crippen molar-refractivity contribution in [3.8, 4) is 17.0 Å². The van der Waals surface area contributed by atoms with E-state index in [1.165, 1.54) is 5.56 Å². The van der Waals surface area contributed by atoms with Crippen LogP contribution < -0.4 is 10.1 Å². The van der Waals surface area contributed by atoms with Crippen LogP contribution in [0.2, 0.25) is 0 Å². The zero-order valence-corrected chi connectivity index (χ0v) is 16.5. The van der Waals surface area contributed by atoms with E-state index in [0.717, 1.165) is 33.4 Å². The first-order chi connectivity index (χ1) is 14.1. The maximum atomic E-state index is 12.2. The van der Waals surface area contributed by atoms with E-state index in [2.05, 4.69) is 30.4 Å². The molecule has 3 aromatic carbocycles. The van der Waals surface area contributed by atoms with E-state index < -0.39 is 0 Å². The number of hydrogen-bond donors (Lipinski definition) is 1. The molecule has 0 saturated carbocycles. The van der Waals surface area contributed by atoms with Gasteiger partial charge in [0.15, 0.2) is 6.61 Å². The van der Waals surface area contributed by atoms with Gasteiger partial charge in [-0.05, 0) is 61.9 Å². The molecular formula is C25H22N2O2. The Morgan fingerprint density at radius 2 is 1.69 bits per heavy atom. The summed E-state index contributed by atoms with van der Waals surface area (Å²) in [5.74, 6) is 0.492. The normalized spacial score (nSPS) is 10.7. The lowest BCUT2D eigenvalue weighted by Gasteiger charge is -2.09. The van der Waals surface area contributed by atoms with Crippen LogP contribution in [0.1, 0.15) is 11.1 Å². The zero-order chi connectivity index (χ0) is 20.2. The molecule has 0 spiro atoms.